The van der Waals surface area contributed by atoms with Gasteiger partial charge in [-0.1, -0.05) is 13.8 Å². The van der Waals surface area contributed by atoms with Gasteiger partial charge in [0.2, 0.25) is 0 Å². The second-order valence-electron chi connectivity index (χ2n) is 2.01. The summed E-state index contributed by atoms with van der Waals surface area (Å²) in [5, 5.41) is 7.20. The summed E-state index contributed by atoms with van der Waals surface area (Å²) < 4.78 is 0. The van der Waals surface area contributed by atoms with Crippen molar-refractivity contribution in [1.82, 2.24) is 5.43 Å². The fraction of sp³-hybridized carbons (Fsp3) is 0.600. The average Bonchev–Trinajstić information content (AvgIpc) is 2.12. The maximum Gasteiger partial charge on any atom is 0.0875 e. The predicted molar refractivity (Wildman–Crippen MR) is 29.9 cm³/mol. The van der Waals surface area contributed by atoms with Crippen LogP contribution in [0.3, 0.4) is 0 Å². The molecule has 1 aliphatic heterocycles. The Bertz CT molecular complexity index is 135. The molecular formula is C5H8N3. The molecule has 1 rings (SSSR count). The molecule has 0 aliphatic carbocycles. The van der Waals surface area contributed by atoms with Crippen LogP contribution in [0.4, 0.5) is 0 Å². The average molecular weight is 110 g/mol. The van der Waals surface area contributed by atoms with Crippen molar-refractivity contribution in [2.24, 2.45) is 16.3 Å². The van der Waals surface area contributed by atoms with Crippen LogP contribution in [0.2, 0.25) is 0 Å². The van der Waals surface area contributed by atoms with Gasteiger partial charge in [0.1, 0.15) is 0 Å². The zero-order valence-electron chi connectivity index (χ0n) is 5.00. The van der Waals surface area contributed by atoms with Crippen molar-refractivity contribution < 1.29 is 0 Å². The van der Waals surface area contributed by atoms with Gasteiger partial charge in [0.25, 0.3) is 0 Å². The number of hydrogen-bond acceptors (Lipinski definition) is 2. The summed E-state index contributed by atoms with van der Waals surface area (Å²) in [6.07, 6.45) is 1.69. The lowest BCUT2D eigenvalue weighted by atomic mass is 10.2. The van der Waals surface area contributed by atoms with Crippen LogP contribution in [0.15, 0.2) is 22.2 Å². The maximum atomic E-state index is 3.75. The van der Waals surface area contributed by atoms with E-state index in [1.54, 1.807) is 6.20 Å². The van der Waals surface area contributed by atoms with Gasteiger partial charge in [-0.3, -0.25) is 0 Å². The molecule has 1 aliphatic rings. The van der Waals surface area contributed by atoms with E-state index in [0.29, 0.717) is 5.92 Å². The van der Waals surface area contributed by atoms with Gasteiger partial charge < -0.3 is 0 Å². The van der Waals surface area contributed by atoms with Gasteiger partial charge in [0.15, 0.2) is 0 Å². The lowest BCUT2D eigenvalue weighted by Crippen LogP contribution is -1.87. The zero-order chi connectivity index (χ0) is 5.98. The molecule has 0 spiro atoms. The molecule has 0 bridgehead atoms. The maximum absolute atomic E-state index is 3.75. The van der Waals surface area contributed by atoms with Crippen LogP contribution in [0, 0.1) is 5.92 Å². The minimum Gasteiger partial charge on any atom is -0.137 e. The second kappa shape index (κ2) is 1.94. The van der Waals surface area contributed by atoms with E-state index in [2.05, 4.69) is 29.6 Å². The Hall–Kier alpha value is -0.860. The smallest absolute Gasteiger partial charge is 0.0875 e. The molecule has 0 amide bonds. The van der Waals surface area contributed by atoms with Crippen molar-refractivity contribution in [3.8, 4) is 0 Å². The summed E-state index contributed by atoms with van der Waals surface area (Å²) in [5.41, 5.74) is 4.55. The van der Waals surface area contributed by atoms with Crippen molar-refractivity contribution in [2.45, 2.75) is 13.8 Å². The summed E-state index contributed by atoms with van der Waals surface area (Å²) >= 11 is 0. The highest BCUT2D eigenvalue weighted by molar-refractivity contribution is 5.02. The molecule has 0 fully saturated rings. The van der Waals surface area contributed by atoms with Crippen LogP contribution in [-0.4, -0.2) is 0 Å². The Kier molecular flexibility index (Phi) is 1.28. The molecule has 1 heterocycles. The van der Waals surface area contributed by atoms with Gasteiger partial charge in [-0.15, -0.1) is 10.5 Å². The Morgan fingerprint density at radius 3 is 2.50 bits per heavy atom. The topological polar surface area (TPSA) is 38.8 Å². The standard InChI is InChI=1S/C5H8N3/c1-4(2)5-3-6-8-7-5/h3-4H,1-2H3. The molecule has 0 atom stereocenters. The summed E-state index contributed by atoms with van der Waals surface area (Å²) in [6.45, 7) is 4.12. The van der Waals surface area contributed by atoms with Gasteiger partial charge in [-0.05, 0) is 11.1 Å². The molecule has 3 heteroatoms. The van der Waals surface area contributed by atoms with Crippen LogP contribution >= 0.6 is 0 Å². The van der Waals surface area contributed by atoms with Gasteiger partial charge in [-0.2, -0.15) is 0 Å². The quantitative estimate of drug-likeness (QED) is 0.490. The molecule has 0 saturated carbocycles. The van der Waals surface area contributed by atoms with Gasteiger partial charge in [0.05, 0.1) is 11.9 Å². The largest absolute Gasteiger partial charge is 0.137 e. The highest BCUT2D eigenvalue weighted by Crippen LogP contribution is 2.13. The van der Waals surface area contributed by atoms with Crippen molar-refractivity contribution in [2.75, 3.05) is 0 Å². The molecule has 0 aromatic heterocycles. The first-order valence-electron chi connectivity index (χ1n) is 2.61. The van der Waals surface area contributed by atoms with E-state index in [9.17, 15) is 0 Å². The van der Waals surface area contributed by atoms with Crippen molar-refractivity contribution in [1.29, 1.82) is 0 Å². The molecular weight excluding hydrogens is 102 g/mol. The summed E-state index contributed by atoms with van der Waals surface area (Å²) in [6, 6.07) is 0. The van der Waals surface area contributed by atoms with E-state index in [1.807, 2.05) is 0 Å². The molecule has 0 saturated heterocycles. The normalized spacial score (nSPS) is 16.6. The monoisotopic (exact) mass is 110 g/mol. The Balaban J connectivity index is 2.58. The zero-order valence-corrected chi connectivity index (χ0v) is 5.00. The fourth-order valence-electron chi connectivity index (χ4n) is 0.453. The molecule has 0 unspecified atom stereocenters. The Morgan fingerprint density at radius 2 is 2.25 bits per heavy atom. The van der Waals surface area contributed by atoms with Gasteiger partial charge in [-0.25, -0.2) is 0 Å². The number of allylic oxidation sites excluding steroid dienone is 1. The lowest BCUT2D eigenvalue weighted by Gasteiger charge is -1.95. The van der Waals surface area contributed by atoms with Crippen LogP contribution in [0.5, 0.6) is 0 Å². The first-order chi connectivity index (χ1) is 3.80. The van der Waals surface area contributed by atoms with Crippen LogP contribution < -0.4 is 5.43 Å². The third-order valence-corrected chi connectivity index (χ3v) is 0.993. The minimum absolute atomic E-state index is 0.449. The highest BCUT2D eigenvalue weighted by atomic mass is 15.4. The minimum atomic E-state index is 0.449. The van der Waals surface area contributed by atoms with E-state index in [1.165, 1.54) is 0 Å². The van der Waals surface area contributed by atoms with E-state index in [4.69, 9.17) is 0 Å². The van der Waals surface area contributed by atoms with E-state index in [0.717, 1.165) is 5.70 Å². The number of hydrogen-bond donors (Lipinski definition) is 0. The van der Waals surface area contributed by atoms with Gasteiger partial charge >= 0.3 is 0 Å². The third kappa shape index (κ3) is 0.857. The summed E-state index contributed by atoms with van der Waals surface area (Å²) in [5.74, 6) is 0.449. The third-order valence-electron chi connectivity index (χ3n) is 0.993. The molecule has 8 heavy (non-hydrogen) atoms. The van der Waals surface area contributed by atoms with Crippen molar-refractivity contribution in [3.05, 3.63) is 11.9 Å². The highest BCUT2D eigenvalue weighted by Gasteiger charge is 2.04. The Morgan fingerprint density at radius 1 is 1.50 bits per heavy atom. The number of rotatable bonds is 1. The predicted octanol–water partition coefficient (Wildman–Crippen LogP) is 1.47. The molecule has 0 N–H and O–H groups in total. The SMILES string of the molecule is CC(C)C1=C[N]N=N1. The molecule has 3 nitrogen and oxygen atoms in total. The molecule has 1 radical (unpaired) electrons. The van der Waals surface area contributed by atoms with Crippen molar-refractivity contribution >= 4 is 0 Å². The first kappa shape index (κ1) is 5.28. The Labute approximate surface area is 48.5 Å². The van der Waals surface area contributed by atoms with E-state index >= 15 is 0 Å². The molecule has 43 valence electrons. The van der Waals surface area contributed by atoms with E-state index < -0.39 is 0 Å². The fourth-order valence-corrected chi connectivity index (χ4v) is 0.453. The molecule has 0 aromatic rings. The van der Waals surface area contributed by atoms with Gasteiger partial charge in [0, 0.05) is 0 Å². The lowest BCUT2D eigenvalue weighted by molar-refractivity contribution is 0.752. The van der Waals surface area contributed by atoms with Crippen LogP contribution in [-0.2, 0) is 0 Å². The van der Waals surface area contributed by atoms with Crippen LogP contribution in [0.1, 0.15) is 13.8 Å². The first-order valence-corrected chi connectivity index (χ1v) is 2.61. The number of nitrogens with zero attached hydrogens (tertiary/aromatic N) is 3. The van der Waals surface area contributed by atoms with Crippen molar-refractivity contribution in [3.63, 3.8) is 0 Å². The molecule has 0 aromatic carbocycles. The summed E-state index contributed by atoms with van der Waals surface area (Å²) in [7, 11) is 0. The second-order valence-corrected chi connectivity index (χ2v) is 2.01. The van der Waals surface area contributed by atoms with E-state index in [-0.39, 0.29) is 0 Å². The summed E-state index contributed by atoms with van der Waals surface area (Å²) in [4.78, 5) is 0. The van der Waals surface area contributed by atoms with Crippen LogP contribution in [0.25, 0.3) is 0 Å².